The van der Waals surface area contributed by atoms with Crippen LogP contribution < -0.4 is 0 Å². The Bertz CT molecular complexity index is 142. The number of hydrogen-bond acceptors (Lipinski definition) is 2. The van der Waals surface area contributed by atoms with Gasteiger partial charge >= 0.3 is 0 Å². The van der Waals surface area contributed by atoms with Crippen molar-refractivity contribution >= 4 is 0 Å². The third-order valence-electron chi connectivity index (χ3n) is 3.16. The highest BCUT2D eigenvalue weighted by Crippen LogP contribution is 2.47. The van der Waals surface area contributed by atoms with E-state index in [0.717, 1.165) is 26.1 Å². The smallest absolute Gasteiger partial charge is 0.0549 e. The van der Waals surface area contributed by atoms with Crippen molar-refractivity contribution in [1.82, 2.24) is 0 Å². The van der Waals surface area contributed by atoms with Gasteiger partial charge in [-0.15, -0.1) is 0 Å². The summed E-state index contributed by atoms with van der Waals surface area (Å²) in [6, 6.07) is 0. The molecule has 1 saturated heterocycles. The molecular weight excluding hydrogens is 152 g/mol. The molecule has 0 spiro atoms. The highest BCUT2D eigenvalue weighted by atomic mass is 16.5. The highest BCUT2D eigenvalue weighted by Gasteiger charge is 2.47. The molecule has 0 aliphatic carbocycles. The van der Waals surface area contributed by atoms with Crippen molar-refractivity contribution in [2.45, 2.75) is 33.6 Å². The van der Waals surface area contributed by atoms with Gasteiger partial charge in [0, 0.05) is 12.0 Å². The molecule has 2 nitrogen and oxygen atoms in total. The van der Waals surface area contributed by atoms with Gasteiger partial charge in [-0.25, -0.2) is 0 Å². The second-order valence-corrected chi connectivity index (χ2v) is 4.85. The zero-order valence-corrected chi connectivity index (χ0v) is 8.39. The van der Waals surface area contributed by atoms with E-state index in [0.29, 0.717) is 17.4 Å². The third-order valence-corrected chi connectivity index (χ3v) is 3.16. The lowest BCUT2D eigenvalue weighted by atomic mass is 9.63. The Kier molecular flexibility index (Phi) is 2.79. The van der Waals surface area contributed by atoms with E-state index in [2.05, 4.69) is 20.8 Å². The van der Waals surface area contributed by atoms with Crippen LogP contribution in [0.1, 0.15) is 33.6 Å². The average molecular weight is 172 g/mol. The molecule has 0 aromatic carbocycles. The Hall–Kier alpha value is -0.0800. The topological polar surface area (TPSA) is 29.5 Å². The molecule has 12 heavy (non-hydrogen) atoms. The second-order valence-electron chi connectivity index (χ2n) is 4.85. The maximum Gasteiger partial charge on any atom is 0.0549 e. The maximum absolute atomic E-state index is 8.77. The predicted molar refractivity (Wildman–Crippen MR) is 49.0 cm³/mol. The van der Waals surface area contributed by atoms with Crippen molar-refractivity contribution < 1.29 is 9.84 Å². The molecule has 0 saturated carbocycles. The summed E-state index contributed by atoms with van der Waals surface area (Å²) in [5, 5.41) is 8.77. The number of aliphatic hydroxyl groups is 1. The minimum Gasteiger partial charge on any atom is -0.396 e. The second kappa shape index (κ2) is 3.35. The normalized spacial score (nSPS) is 22.0. The van der Waals surface area contributed by atoms with Gasteiger partial charge in [-0.1, -0.05) is 20.8 Å². The molecule has 72 valence electrons. The third kappa shape index (κ3) is 1.64. The molecule has 1 aliphatic rings. The molecular formula is C10H20O2. The lowest BCUT2D eigenvalue weighted by Crippen LogP contribution is -2.51. The fraction of sp³-hybridized carbons (Fsp3) is 1.00. The first-order chi connectivity index (χ1) is 5.52. The molecule has 0 atom stereocenters. The Balaban J connectivity index is 2.51. The van der Waals surface area contributed by atoms with E-state index in [1.807, 2.05) is 0 Å². The Labute approximate surface area is 74.9 Å². The van der Waals surface area contributed by atoms with Crippen molar-refractivity contribution in [2.24, 2.45) is 10.8 Å². The van der Waals surface area contributed by atoms with E-state index in [1.54, 1.807) is 0 Å². The van der Waals surface area contributed by atoms with Crippen molar-refractivity contribution in [1.29, 1.82) is 0 Å². The molecule has 0 aromatic heterocycles. The largest absolute Gasteiger partial charge is 0.396 e. The van der Waals surface area contributed by atoms with E-state index in [-0.39, 0.29) is 0 Å². The quantitative estimate of drug-likeness (QED) is 0.703. The summed E-state index contributed by atoms with van der Waals surface area (Å²) in [6.45, 7) is 8.82. The molecule has 0 unspecified atom stereocenters. The van der Waals surface area contributed by atoms with E-state index in [4.69, 9.17) is 9.84 Å². The molecule has 0 aromatic rings. The molecule has 0 amide bonds. The van der Waals surface area contributed by atoms with Gasteiger partial charge in [-0.2, -0.15) is 0 Å². The summed E-state index contributed by atoms with van der Waals surface area (Å²) in [6.07, 6.45) is 1.99. The minimum atomic E-state index is 0.303. The molecule has 1 fully saturated rings. The van der Waals surface area contributed by atoms with Gasteiger partial charge in [0.25, 0.3) is 0 Å². The molecule has 1 rings (SSSR count). The van der Waals surface area contributed by atoms with Gasteiger partial charge < -0.3 is 9.84 Å². The van der Waals surface area contributed by atoms with Crippen LogP contribution in [0.5, 0.6) is 0 Å². The standard InChI is InChI=1S/C10H20O2/c1-9(2,3)10(5-4-6-11)7-12-8-10/h11H,4-8H2,1-3H3. The van der Waals surface area contributed by atoms with Crippen LogP contribution in [0, 0.1) is 10.8 Å². The first kappa shape index (κ1) is 10.0. The zero-order valence-electron chi connectivity index (χ0n) is 8.39. The summed E-state index contributed by atoms with van der Waals surface area (Å²) >= 11 is 0. The van der Waals surface area contributed by atoms with Crippen LogP contribution >= 0.6 is 0 Å². The van der Waals surface area contributed by atoms with Crippen LogP contribution in [0.2, 0.25) is 0 Å². The number of hydrogen-bond donors (Lipinski definition) is 1. The first-order valence-electron chi connectivity index (χ1n) is 4.70. The average Bonchev–Trinajstić information content (AvgIpc) is 1.82. The minimum absolute atomic E-state index is 0.303. The highest BCUT2D eigenvalue weighted by molar-refractivity contribution is 4.94. The van der Waals surface area contributed by atoms with Crippen molar-refractivity contribution in [3.8, 4) is 0 Å². The summed E-state index contributed by atoms with van der Waals surface area (Å²) in [5.41, 5.74) is 0.635. The Morgan fingerprint density at radius 3 is 2.17 bits per heavy atom. The van der Waals surface area contributed by atoms with Gasteiger partial charge in [0.15, 0.2) is 0 Å². The van der Waals surface area contributed by atoms with Crippen molar-refractivity contribution in [3.05, 3.63) is 0 Å². The van der Waals surface area contributed by atoms with Crippen LogP contribution in [-0.4, -0.2) is 24.9 Å². The lowest BCUT2D eigenvalue weighted by Gasteiger charge is -2.51. The van der Waals surface area contributed by atoms with E-state index in [9.17, 15) is 0 Å². The molecule has 1 aliphatic heterocycles. The lowest BCUT2D eigenvalue weighted by molar-refractivity contribution is -0.175. The number of aliphatic hydroxyl groups excluding tert-OH is 1. The summed E-state index contributed by atoms with van der Waals surface area (Å²) in [4.78, 5) is 0. The van der Waals surface area contributed by atoms with Crippen molar-refractivity contribution in [2.75, 3.05) is 19.8 Å². The van der Waals surface area contributed by atoms with Gasteiger partial charge in [0.2, 0.25) is 0 Å². The van der Waals surface area contributed by atoms with Crippen LogP contribution in [0.15, 0.2) is 0 Å². The van der Waals surface area contributed by atoms with E-state index in [1.165, 1.54) is 0 Å². The first-order valence-corrected chi connectivity index (χ1v) is 4.70. The van der Waals surface area contributed by atoms with Crippen LogP contribution in [0.25, 0.3) is 0 Å². The van der Waals surface area contributed by atoms with Gasteiger partial charge in [-0.05, 0) is 18.3 Å². The SMILES string of the molecule is CC(C)(C)C1(CCCO)COC1. The van der Waals surface area contributed by atoms with E-state index >= 15 is 0 Å². The van der Waals surface area contributed by atoms with Gasteiger partial charge in [0.1, 0.15) is 0 Å². The summed E-state index contributed by atoms with van der Waals surface area (Å²) < 4.78 is 5.28. The maximum atomic E-state index is 8.77. The Morgan fingerprint density at radius 1 is 1.33 bits per heavy atom. The fourth-order valence-corrected chi connectivity index (χ4v) is 1.72. The number of ether oxygens (including phenoxy) is 1. The number of rotatable bonds is 3. The van der Waals surface area contributed by atoms with Crippen molar-refractivity contribution in [3.63, 3.8) is 0 Å². The fourth-order valence-electron chi connectivity index (χ4n) is 1.72. The summed E-state index contributed by atoms with van der Waals surface area (Å²) in [7, 11) is 0. The van der Waals surface area contributed by atoms with Gasteiger partial charge in [-0.3, -0.25) is 0 Å². The molecule has 1 N–H and O–H groups in total. The van der Waals surface area contributed by atoms with Crippen LogP contribution in [0.3, 0.4) is 0 Å². The Morgan fingerprint density at radius 2 is 1.92 bits per heavy atom. The summed E-state index contributed by atoms with van der Waals surface area (Å²) in [5.74, 6) is 0. The van der Waals surface area contributed by atoms with E-state index < -0.39 is 0 Å². The molecule has 0 radical (unpaired) electrons. The molecule has 1 heterocycles. The molecule has 0 bridgehead atoms. The monoisotopic (exact) mass is 172 g/mol. The van der Waals surface area contributed by atoms with Crippen LogP contribution in [-0.2, 0) is 4.74 Å². The predicted octanol–water partition coefficient (Wildman–Crippen LogP) is 1.82. The molecule has 2 heteroatoms. The van der Waals surface area contributed by atoms with Crippen LogP contribution in [0.4, 0.5) is 0 Å². The zero-order chi connectivity index (χ0) is 9.24. The van der Waals surface area contributed by atoms with Gasteiger partial charge in [0.05, 0.1) is 13.2 Å².